The molecule has 1 atom stereocenters. The molecular weight excluding hydrogens is 516 g/mol. The summed E-state index contributed by atoms with van der Waals surface area (Å²) in [4.78, 5) is 25.3. The molecule has 2 aromatic carbocycles. The van der Waals surface area contributed by atoms with Gasteiger partial charge in [-0.15, -0.1) is 0 Å². The zero-order valence-corrected chi connectivity index (χ0v) is 23.4. The van der Waals surface area contributed by atoms with E-state index in [1.165, 1.54) is 18.2 Å². The normalized spacial score (nSPS) is 17.9. The standard InChI is InChI=1S/C30H37ClN4O4/c1-18-4-6-20(7-5-18)19(2)33-16-23-12-13-27(39-23)25-14-24(26(31)15-28(25)38-3)30(37)34-17-29(36)35-22-10-8-21(32)9-11-22/h4-7,12-15,19,21-22,33H,8-11,16-17,32H2,1-3H3,(H,34,37)(H,35,36)/t19-,21-,22-/m1/s1. The number of carbonyl (C=O) groups excluding carboxylic acids is 2. The number of rotatable bonds is 10. The Bertz CT molecular complexity index is 1280. The summed E-state index contributed by atoms with van der Waals surface area (Å²) in [6.07, 6.45) is 3.47. The fraction of sp³-hybridized carbons (Fsp3) is 0.400. The zero-order chi connectivity index (χ0) is 27.9. The maximum absolute atomic E-state index is 13.0. The lowest BCUT2D eigenvalue weighted by Gasteiger charge is -2.26. The quantitative estimate of drug-likeness (QED) is 0.284. The Morgan fingerprint density at radius 3 is 2.51 bits per heavy atom. The van der Waals surface area contributed by atoms with Crippen LogP contribution in [0.1, 0.15) is 65.9 Å². The van der Waals surface area contributed by atoms with Crippen molar-refractivity contribution in [2.45, 2.75) is 64.2 Å². The van der Waals surface area contributed by atoms with E-state index in [4.69, 9.17) is 26.5 Å². The van der Waals surface area contributed by atoms with E-state index >= 15 is 0 Å². The van der Waals surface area contributed by atoms with E-state index < -0.39 is 5.91 Å². The predicted octanol–water partition coefficient (Wildman–Crippen LogP) is 4.88. The van der Waals surface area contributed by atoms with Gasteiger partial charge in [-0.25, -0.2) is 0 Å². The summed E-state index contributed by atoms with van der Waals surface area (Å²) >= 11 is 6.41. The second-order valence-corrected chi connectivity index (χ2v) is 10.6. The predicted molar refractivity (Wildman–Crippen MR) is 153 cm³/mol. The molecular formula is C30H37ClN4O4. The highest BCUT2D eigenvalue weighted by atomic mass is 35.5. The minimum Gasteiger partial charge on any atom is -0.496 e. The molecule has 39 heavy (non-hydrogen) atoms. The van der Waals surface area contributed by atoms with Crippen molar-refractivity contribution < 1.29 is 18.7 Å². The molecule has 5 N–H and O–H groups in total. The number of ether oxygens (including phenoxy) is 1. The van der Waals surface area contributed by atoms with Gasteiger partial charge in [-0.05, 0) is 63.3 Å². The van der Waals surface area contributed by atoms with Crippen LogP contribution in [-0.4, -0.2) is 37.6 Å². The Morgan fingerprint density at radius 2 is 1.82 bits per heavy atom. The Kier molecular flexibility index (Phi) is 9.67. The molecule has 1 fully saturated rings. The molecule has 2 amide bonds. The second-order valence-electron chi connectivity index (χ2n) is 10.2. The number of nitrogens with one attached hydrogen (secondary N) is 3. The van der Waals surface area contributed by atoms with Crippen LogP contribution in [0.3, 0.4) is 0 Å². The van der Waals surface area contributed by atoms with Crippen LogP contribution < -0.4 is 26.4 Å². The van der Waals surface area contributed by atoms with Gasteiger partial charge in [0.05, 0.1) is 36.3 Å². The third-order valence-corrected chi connectivity index (χ3v) is 7.48. The fourth-order valence-corrected chi connectivity index (χ4v) is 4.97. The molecule has 1 aliphatic rings. The number of hydrogen-bond acceptors (Lipinski definition) is 6. The van der Waals surface area contributed by atoms with Gasteiger partial charge in [0.2, 0.25) is 5.91 Å². The van der Waals surface area contributed by atoms with E-state index in [1.54, 1.807) is 12.1 Å². The maximum atomic E-state index is 13.0. The lowest BCUT2D eigenvalue weighted by molar-refractivity contribution is -0.121. The van der Waals surface area contributed by atoms with E-state index in [0.717, 1.165) is 31.4 Å². The number of furan rings is 1. The summed E-state index contributed by atoms with van der Waals surface area (Å²) in [5, 5.41) is 9.33. The van der Waals surface area contributed by atoms with Crippen molar-refractivity contribution in [3.05, 3.63) is 76.0 Å². The van der Waals surface area contributed by atoms with Crippen LogP contribution in [0, 0.1) is 6.92 Å². The molecule has 208 valence electrons. The largest absolute Gasteiger partial charge is 0.496 e. The van der Waals surface area contributed by atoms with Gasteiger partial charge >= 0.3 is 0 Å². The second kappa shape index (κ2) is 13.2. The minimum absolute atomic E-state index is 0.0906. The molecule has 0 aliphatic heterocycles. The highest BCUT2D eigenvalue weighted by Crippen LogP contribution is 2.36. The summed E-state index contributed by atoms with van der Waals surface area (Å²) in [7, 11) is 1.53. The fourth-order valence-electron chi connectivity index (χ4n) is 4.73. The van der Waals surface area contributed by atoms with Crippen molar-refractivity contribution in [2.75, 3.05) is 13.7 Å². The van der Waals surface area contributed by atoms with Gasteiger partial charge in [-0.1, -0.05) is 41.4 Å². The first-order valence-corrected chi connectivity index (χ1v) is 13.7. The van der Waals surface area contributed by atoms with Crippen LogP contribution in [0.2, 0.25) is 5.02 Å². The lowest BCUT2D eigenvalue weighted by Crippen LogP contribution is -2.44. The molecule has 1 saturated carbocycles. The smallest absolute Gasteiger partial charge is 0.253 e. The Hall–Kier alpha value is -3.33. The Balaban J connectivity index is 1.39. The number of methoxy groups -OCH3 is 1. The van der Waals surface area contributed by atoms with Gasteiger partial charge in [0, 0.05) is 24.2 Å². The van der Waals surface area contributed by atoms with Crippen molar-refractivity contribution in [1.29, 1.82) is 0 Å². The van der Waals surface area contributed by atoms with Gasteiger partial charge < -0.3 is 30.8 Å². The summed E-state index contributed by atoms with van der Waals surface area (Å²) in [6, 6.07) is 15.8. The van der Waals surface area contributed by atoms with Crippen molar-refractivity contribution in [3.8, 4) is 17.1 Å². The van der Waals surface area contributed by atoms with Crippen molar-refractivity contribution in [3.63, 3.8) is 0 Å². The monoisotopic (exact) mass is 552 g/mol. The van der Waals surface area contributed by atoms with Gasteiger partial charge in [0.1, 0.15) is 17.3 Å². The molecule has 1 heterocycles. The van der Waals surface area contributed by atoms with Crippen molar-refractivity contribution in [2.24, 2.45) is 5.73 Å². The first-order chi connectivity index (χ1) is 18.7. The third-order valence-electron chi connectivity index (χ3n) is 7.17. The first kappa shape index (κ1) is 28.7. The molecule has 0 bridgehead atoms. The van der Waals surface area contributed by atoms with Crippen LogP contribution in [0.15, 0.2) is 52.9 Å². The number of carbonyl (C=O) groups is 2. The molecule has 0 unspecified atom stereocenters. The SMILES string of the molecule is COc1cc(Cl)c(C(=O)NCC(=O)N[C@H]2CC[C@H](N)CC2)cc1-c1ccc(CN[C@H](C)c2ccc(C)cc2)o1. The molecule has 0 saturated heterocycles. The zero-order valence-electron chi connectivity index (χ0n) is 22.7. The van der Waals surface area contributed by atoms with Crippen LogP contribution in [0.4, 0.5) is 0 Å². The van der Waals surface area contributed by atoms with E-state index in [9.17, 15) is 9.59 Å². The summed E-state index contributed by atoms with van der Waals surface area (Å²) < 4.78 is 11.6. The number of benzene rings is 2. The number of hydrogen-bond donors (Lipinski definition) is 4. The summed E-state index contributed by atoms with van der Waals surface area (Å²) in [6.45, 7) is 4.56. The van der Waals surface area contributed by atoms with E-state index in [1.807, 2.05) is 12.1 Å². The highest BCUT2D eigenvalue weighted by molar-refractivity contribution is 6.34. The van der Waals surface area contributed by atoms with Crippen LogP contribution >= 0.6 is 11.6 Å². The number of aryl methyl sites for hydroxylation is 1. The molecule has 3 aromatic rings. The molecule has 8 nitrogen and oxygen atoms in total. The van der Waals surface area contributed by atoms with Crippen LogP contribution in [0.25, 0.3) is 11.3 Å². The van der Waals surface area contributed by atoms with E-state index in [-0.39, 0.29) is 41.2 Å². The molecule has 9 heteroatoms. The number of nitrogens with two attached hydrogens (primary N) is 1. The van der Waals surface area contributed by atoms with Crippen molar-refractivity contribution >= 4 is 23.4 Å². The Labute approximate surface area is 234 Å². The highest BCUT2D eigenvalue weighted by Gasteiger charge is 2.22. The average Bonchev–Trinajstić information content (AvgIpc) is 3.40. The topological polar surface area (TPSA) is 119 Å². The average molecular weight is 553 g/mol. The van der Waals surface area contributed by atoms with Gasteiger partial charge in [-0.3, -0.25) is 9.59 Å². The van der Waals surface area contributed by atoms with Gasteiger partial charge in [-0.2, -0.15) is 0 Å². The van der Waals surface area contributed by atoms with Crippen molar-refractivity contribution in [1.82, 2.24) is 16.0 Å². The number of amides is 2. The van der Waals surface area contributed by atoms with Gasteiger partial charge in [0.25, 0.3) is 5.91 Å². The van der Waals surface area contributed by atoms with E-state index in [0.29, 0.717) is 23.6 Å². The minimum atomic E-state index is -0.454. The van der Waals surface area contributed by atoms with Gasteiger partial charge in [0.15, 0.2) is 0 Å². The maximum Gasteiger partial charge on any atom is 0.253 e. The van der Waals surface area contributed by atoms with E-state index in [2.05, 4.69) is 54.1 Å². The molecule has 4 rings (SSSR count). The lowest BCUT2D eigenvalue weighted by atomic mass is 9.92. The van der Waals surface area contributed by atoms with Crippen LogP contribution in [-0.2, 0) is 11.3 Å². The third kappa shape index (κ3) is 7.62. The summed E-state index contributed by atoms with van der Waals surface area (Å²) in [5.74, 6) is 1.08. The summed E-state index contributed by atoms with van der Waals surface area (Å²) in [5.41, 5.74) is 9.17. The molecule has 0 spiro atoms. The molecule has 1 aliphatic carbocycles. The molecule has 1 aromatic heterocycles. The van der Waals surface area contributed by atoms with Crippen LogP contribution in [0.5, 0.6) is 5.75 Å². The molecule has 0 radical (unpaired) electrons. The first-order valence-electron chi connectivity index (χ1n) is 13.3. The number of halogens is 1. The Morgan fingerprint density at radius 1 is 1.10 bits per heavy atom.